The van der Waals surface area contributed by atoms with Gasteiger partial charge in [-0.25, -0.2) is 4.79 Å². The van der Waals surface area contributed by atoms with Crippen LogP contribution in [-0.4, -0.2) is 58.7 Å². The number of aromatic carboxylic acids is 1. The summed E-state index contributed by atoms with van der Waals surface area (Å²) in [6.07, 6.45) is 1.89. The van der Waals surface area contributed by atoms with Crippen LogP contribution in [0.25, 0.3) is 0 Å². The zero-order valence-electron chi connectivity index (χ0n) is 11.5. The van der Waals surface area contributed by atoms with E-state index in [1.165, 1.54) is 12.1 Å². The lowest BCUT2D eigenvalue weighted by atomic mass is 9.98. The van der Waals surface area contributed by atoms with Crippen molar-refractivity contribution in [2.75, 3.05) is 32.1 Å². The van der Waals surface area contributed by atoms with Gasteiger partial charge in [-0.05, 0) is 25.0 Å². The molecule has 3 rings (SSSR count). The predicted octanol–water partition coefficient (Wildman–Crippen LogP) is 1.72. The summed E-state index contributed by atoms with van der Waals surface area (Å²) in [6, 6.07) is 2.75. The molecule has 0 aromatic carbocycles. The third-order valence-electron chi connectivity index (χ3n) is 3.97. The lowest BCUT2D eigenvalue weighted by molar-refractivity contribution is 0.0515. The first-order valence-corrected chi connectivity index (χ1v) is 7.92. The van der Waals surface area contributed by atoms with Crippen LogP contribution < -0.4 is 0 Å². The summed E-state index contributed by atoms with van der Waals surface area (Å²) in [5.74, 6) is -0.608. The molecule has 1 aromatic rings. The molecule has 0 saturated carbocycles. The van der Waals surface area contributed by atoms with E-state index in [9.17, 15) is 9.59 Å². The van der Waals surface area contributed by atoms with E-state index in [0.29, 0.717) is 13.1 Å². The molecule has 0 atom stereocenters. The van der Waals surface area contributed by atoms with Crippen LogP contribution in [0.1, 0.15) is 34.0 Å². The third-order valence-corrected chi connectivity index (χ3v) is 5.50. The Morgan fingerprint density at radius 3 is 2.62 bits per heavy atom. The SMILES string of the molecule is O=C(O)c1ccc(C(=O)N2CCSC3(CCOCC3)C2)o1. The molecule has 2 saturated heterocycles. The van der Waals surface area contributed by atoms with Gasteiger partial charge in [-0.2, -0.15) is 11.8 Å². The van der Waals surface area contributed by atoms with Crippen LogP contribution in [-0.2, 0) is 4.74 Å². The lowest BCUT2D eigenvalue weighted by Crippen LogP contribution is -2.51. The predicted molar refractivity (Wildman–Crippen MR) is 76.8 cm³/mol. The summed E-state index contributed by atoms with van der Waals surface area (Å²) in [6.45, 7) is 2.80. The zero-order chi connectivity index (χ0) is 14.9. The molecule has 21 heavy (non-hydrogen) atoms. The average molecular weight is 311 g/mol. The Morgan fingerprint density at radius 2 is 1.95 bits per heavy atom. The fraction of sp³-hybridized carbons (Fsp3) is 0.571. The number of ether oxygens (including phenoxy) is 1. The van der Waals surface area contributed by atoms with E-state index < -0.39 is 5.97 Å². The van der Waals surface area contributed by atoms with E-state index in [-0.39, 0.29) is 22.2 Å². The Labute approximate surface area is 126 Å². The van der Waals surface area contributed by atoms with Crippen molar-refractivity contribution in [1.29, 1.82) is 0 Å². The molecule has 0 aliphatic carbocycles. The molecular weight excluding hydrogens is 294 g/mol. The highest BCUT2D eigenvalue weighted by Gasteiger charge is 2.39. The van der Waals surface area contributed by atoms with E-state index in [4.69, 9.17) is 14.3 Å². The molecule has 0 radical (unpaired) electrons. The van der Waals surface area contributed by atoms with Crippen molar-refractivity contribution in [2.45, 2.75) is 17.6 Å². The van der Waals surface area contributed by atoms with Crippen molar-refractivity contribution in [3.05, 3.63) is 23.7 Å². The number of hydrogen-bond donors (Lipinski definition) is 1. The molecule has 114 valence electrons. The second-order valence-corrected chi connectivity index (χ2v) is 6.90. The number of carbonyl (C=O) groups is 2. The quantitative estimate of drug-likeness (QED) is 0.896. The Bertz CT molecular complexity index is 544. The minimum Gasteiger partial charge on any atom is -0.475 e. The van der Waals surface area contributed by atoms with Crippen molar-refractivity contribution < 1.29 is 23.8 Å². The molecular formula is C14H17NO5S. The van der Waals surface area contributed by atoms with Gasteiger partial charge in [0.25, 0.3) is 5.91 Å². The molecule has 2 fully saturated rings. The summed E-state index contributed by atoms with van der Waals surface area (Å²) in [7, 11) is 0. The van der Waals surface area contributed by atoms with Crippen LogP contribution in [0.3, 0.4) is 0 Å². The number of carbonyl (C=O) groups excluding carboxylic acids is 1. The lowest BCUT2D eigenvalue weighted by Gasteiger charge is -2.44. The molecule has 0 unspecified atom stereocenters. The zero-order valence-corrected chi connectivity index (χ0v) is 12.4. The number of hydrogen-bond acceptors (Lipinski definition) is 5. The summed E-state index contributed by atoms with van der Waals surface area (Å²) < 4.78 is 10.6. The number of carboxylic acid groups (broad SMARTS) is 1. The second-order valence-electron chi connectivity index (χ2n) is 5.34. The van der Waals surface area contributed by atoms with Crippen molar-refractivity contribution in [2.24, 2.45) is 0 Å². The first-order valence-electron chi connectivity index (χ1n) is 6.94. The molecule has 1 spiro atoms. The van der Waals surface area contributed by atoms with Gasteiger partial charge in [0.15, 0.2) is 5.76 Å². The molecule has 6 nitrogen and oxygen atoms in total. The topological polar surface area (TPSA) is 80.0 Å². The average Bonchev–Trinajstić information content (AvgIpc) is 2.97. The highest BCUT2D eigenvalue weighted by molar-refractivity contribution is 8.00. The molecule has 1 amide bonds. The monoisotopic (exact) mass is 311 g/mol. The minimum absolute atomic E-state index is 0.0778. The van der Waals surface area contributed by atoms with Crippen LogP contribution >= 0.6 is 11.8 Å². The van der Waals surface area contributed by atoms with Crippen LogP contribution in [0.2, 0.25) is 0 Å². The van der Waals surface area contributed by atoms with Gasteiger partial charge < -0.3 is 19.2 Å². The summed E-state index contributed by atoms with van der Waals surface area (Å²) in [4.78, 5) is 25.0. The highest BCUT2D eigenvalue weighted by atomic mass is 32.2. The maximum atomic E-state index is 12.5. The van der Waals surface area contributed by atoms with Gasteiger partial charge in [-0.15, -0.1) is 0 Å². The molecule has 2 aliphatic rings. The van der Waals surface area contributed by atoms with Crippen LogP contribution in [0.5, 0.6) is 0 Å². The molecule has 3 heterocycles. The number of furan rings is 1. The number of rotatable bonds is 2. The first kappa shape index (κ1) is 14.5. The van der Waals surface area contributed by atoms with Gasteiger partial charge in [0, 0.05) is 36.8 Å². The number of carboxylic acids is 1. The van der Waals surface area contributed by atoms with E-state index in [0.717, 1.165) is 31.8 Å². The highest BCUT2D eigenvalue weighted by Crippen LogP contribution is 2.39. The Kier molecular flexibility index (Phi) is 3.95. The Balaban J connectivity index is 1.73. The van der Waals surface area contributed by atoms with Crippen molar-refractivity contribution in [3.8, 4) is 0 Å². The molecule has 1 N–H and O–H groups in total. The largest absolute Gasteiger partial charge is 0.475 e. The number of thioether (sulfide) groups is 1. The van der Waals surface area contributed by atoms with Crippen molar-refractivity contribution in [3.63, 3.8) is 0 Å². The maximum absolute atomic E-state index is 12.5. The van der Waals surface area contributed by atoms with Crippen molar-refractivity contribution >= 4 is 23.6 Å². The fourth-order valence-corrected chi connectivity index (χ4v) is 4.23. The van der Waals surface area contributed by atoms with E-state index in [1.807, 2.05) is 11.8 Å². The summed E-state index contributed by atoms with van der Waals surface area (Å²) in [5.41, 5.74) is 0. The van der Waals surface area contributed by atoms with Crippen molar-refractivity contribution in [1.82, 2.24) is 4.90 Å². The minimum atomic E-state index is -1.16. The molecule has 7 heteroatoms. The number of amides is 1. The fourth-order valence-electron chi connectivity index (χ4n) is 2.79. The molecule has 2 aliphatic heterocycles. The van der Waals surface area contributed by atoms with Gasteiger partial charge in [0.05, 0.1) is 0 Å². The summed E-state index contributed by atoms with van der Waals surface area (Å²) in [5, 5.41) is 8.85. The van der Waals surface area contributed by atoms with Gasteiger partial charge in [0.1, 0.15) is 0 Å². The van der Waals surface area contributed by atoms with E-state index >= 15 is 0 Å². The molecule has 1 aromatic heterocycles. The Hall–Kier alpha value is -1.47. The number of nitrogens with zero attached hydrogens (tertiary/aromatic N) is 1. The Morgan fingerprint density at radius 1 is 1.24 bits per heavy atom. The van der Waals surface area contributed by atoms with Gasteiger partial charge >= 0.3 is 5.97 Å². The van der Waals surface area contributed by atoms with Gasteiger partial charge in [0.2, 0.25) is 5.76 Å². The normalized spacial score (nSPS) is 21.4. The standard InChI is InChI=1S/C14H17NO5S/c16-12(10-1-2-11(20-10)13(17)18)15-5-8-21-14(9-15)3-6-19-7-4-14/h1-2H,3-9H2,(H,17,18). The van der Waals surface area contributed by atoms with Gasteiger partial charge in [-0.1, -0.05) is 0 Å². The first-order chi connectivity index (χ1) is 10.1. The second kappa shape index (κ2) is 5.73. The maximum Gasteiger partial charge on any atom is 0.371 e. The summed E-state index contributed by atoms with van der Waals surface area (Å²) >= 11 is 1.91. The van der Waals surface area contributed by atoms with Gasteiger partial charge in [-0.3, -0.25) is 4.79 Å². The van der Waals surface area contributed by atoms with E-state index in [1.54, 1.807) is 4.90 Å². The van der Waals surface area contributed by atoms with Crippen LogP contribution in [0, 0.1) is 0 Å². The van der Waals surface area contributed by atoms with E-state index in [2.05, 4.69) is 0 Å². The molecule has 0 bridgehead atoms. The smallest absolute Gasteiger partial charge is 0.371 e. The third kappa shape index (κ3) is 2.94. The van der Waals surface area contributed by atoms with Crippen LogP contribution in [0.15, 0.2) is 16.5 Å². The van der Waals surface area contributed by atoms with Crippen LogP contribution in [0.4, 0.5) is 0 Å².